The minimum atomic E-state index is -0.484. The van der Waals surface area contributed by atoms with Crippen molar-refractivity contribution in [3.8, 4) is 0 Å². The third-order valence-electron chi connectivity index (χ3n) is 4.53. The monoisotopic (exact) mass is 401 g/mol. The van der Waals surface area contributed by atoms with Crippen LogP contribution in [0, 0.1) is 15.0 Å². The molecule has 0 spiro atoms. The molecule has 0 aliphatic heterocycles. The summed E-state index contributed by atoms with van der Waals surface area (Å²) in [7, 11) is 0. The molecule has 0 aliphatic carbocycles. The van der Waals surface area contributed by atoms with Crippen molar-refractivity contribution < 1.29 is 9.72 Å². The highest BCUT2D eigenvalue weighted by molar-refractivity contribution is 6.09. The summed E-state index contributed by atoms with van der Waals surface area (Å²) in [5, 5.41) is 21.6. The van der Waals surface area contributed by atoms with Gasteiger partial charge in [0.05, 0.1) is 21.6 Å². The van der Waals surface area contributed by atoms with E-state index in [1.54, 1.807) is 42.5 Å². The van der Waals surface area contributed by atoms with Crippen molar-refractivity contribution >= 4 is 56.1 Å². The van der Waals surface area contributed by atoms with Gasteiger partial charge in [0, 0.05) is 41.2 Å². The number of amides is 1. The number of carbonyl (C=O) groups excluding carboxylic acids is 1. The van der Waals surface area contributed by atoms with E-state index < -0.39 is 4.92 Å². The Labute approximate surface area is 169 Å². The van der Waals surface area contributed by atoms with Gasteiger partial charge in [-0.15, -0.1) is 4.91 Å². The van der Waals surface area contributed by atoms with Crippen LogP contribution >= 0.6 is 0 Å². The van der Waals surface area contributed by atoms with Crippen LogP contribution in [0.1, 0.15) is 6.92 Å². The van der Waals surface area contributed by atoms with E-state index in [9.17, 15) is 19.8 Å². The SMILES string of the molecule is CC(=O)Nc1ccc(Nc2c3ccc(N=O)cc3nc3cc([N+](=O)[O-])ccc23)cc1. The van der Waals surface area contributed by atoms with Gasteiger partial charge in [-0.1, -0.05) is 0 Å². The standard InChI is InChI=1S/C21H15N5O4/c1-12(27)22-13-2-4-14(5-3-13)23-21-17-8-6-15(25-28)10-19(17)24-20-11-16(26(29)30)7-9-18(20)21/h2-11H,1H3,(H,22,27)(H,23,24). The van der Waals surface area contributed by atoms with Crippen LogP contribution in [0.25, 0.3) is 21.8 Å². The van der Waals surface area contributed by atoms with Crippen LogP contribution < -0.4 is 10.6 Å². The van der Waals surface area contributed by atoms with E-state index in [1.165, 1.54) is 25.1 Å². The van der Waals surface area contributed by atoms with Gasteiger partial charge in [-0.2, -0.15) is 0 Å². The average Bonchev–Trinajstić information content (AvgIpc) is 2.73. The Balaban J connectivity index is 1.87. The molecule has 3 aromatic carbocycles. The van der Waals surface area contributed by atoms with Gasteiger partial charge in [0.15, 0.2) is 0 Å². The summed E-state index contributed by atoms with van der Waals surface area (Å²) in [5.41, 5.74) is 3.13. The van der Waals surface area contributed by atoms with Gasteiger partial charge in [-0.05, 0) is 53.7 Å². The predicted molar refractivity (Wildman–Crippen MR) is 115 cm³/mol. The molecule has 9 nitrogen and oxygen atoms in total. The molecule has 30 heavy (non-hydrogen) atoms. The van der Waals surface area contributed by atoms with Crippen LogP contribution in [0.2, 0.25) is 0 Å². The number of anilines is 3. The van der Waals surface area contributed by atoms with E-state index in [2.05, 4.69) is 20.8 Å². The maximum Gasteiger partial charge on any atom is 0.271 e. The van der Waals surface area contributed by atoms with Gasteiger partial charge in [0.2, 0.25) is 5.91 Å². The summed E-state index contributed by atoms with van der Waals surface area (Å²) in [6.07, 6.45) is 0. The van der Waals surface area contributed by atoms with E-state index in [1.807, 2.05) is 0 Å². The summed E-state index contributed by atoms with van der Waals surface area (Å²) in [6.45, 7) is 1.43. The molecule has 0 saturated heterocycles. The minimum Gasteiger partial charge on any atom is -0.354 e. The number of hydrogen-bond donors (Lipinski definition) is 2. The minimum absolute atomic E-state index is 0.0790. The number of benzene rings is 3. The number of aromatic nitrogens is 1. The number of nitro benzene ring substituents is 1. The molecule has 4 rings (SSSR count). The third kappa shape index (κ3) is 3.63. The highest BCUT2D eigenvalue weighted by Gasteiger charge is 2.14. The first-order valence-corrected chi connectivity index (χ1v) is 8.94. The molecule has 9 heteroatoms. The van der Waals surface area contributed by atoms with Gasteiger partial charge >= 0.3 is 0 Å². The second-order valence-electron chi connectivity index (χ2n) is 6.62. The molecule has 0 aliphatic rings. The Morgan fingerprint density at radius 3 is 2.23 bits per heavy atom. The average molecular weight is 401 g/mol. The van der Waals surface area contributed by atoms with Gasteiger partial charge < -0.3 is 10.6 Å². The largest absolute Gasteiger partial charge is 0.354 e. The lowest BCUT2D eigenvalue weighted by Crippen LogP contribution is -2.05. The van der Waals surface area contributed by atoms with Crippen LogP contribution in [0.4, 0.5) is 28.4 Å². The molecular weight excluding hydrogens is 386 g/mol. The normalized spacial score (nSPS) is 10.7. The molecule has 2 N–H and O–H groups in total. The lowest BCUT2D eigenvalue weighted by atomic mass is 10.1. The number of nitrogens with zero attached hydrogens (tertiary/aromatic N) is 3. The highest BCUT2D eigenvalue weighted by Crippen LogP contribution is 2.36. The van der Waals surface area contributed by atoms with Gasteiger partial charge in [-0.3, -0.25) is 14.9 Å². The maximum atomic E-state index is 11.2. The fraction of sp³-hybridized carbons (Fsp3) is 0.0476. The number of nitroso groups, excluding NO2 is 1. The van der Waals surface area contributed by atoms with Crippen molar-refractivity contribution in [3.05, 3.63) is 75.7 Å². The number of hydrogen-bond acceptors (Lipinski definition) is 7. The smallest absolute Gasteiger partial charge is 0.271 e. The molecule has 148 valence electrons. The van der Waals surface area contributed by atoms with E-state index in [0.29, 0.717) is 27.8 Å². The molecular formula is C21H15N5O4. The molecule has 1 aromatic heterocycles. The summed E-state index contributed by atoms with van der Waals surface area (Å²) >= 11 is 0. The van der Waals surface area contributed by atoms with Crippen LogP contribution in [-0.4, -0.2) is 15.8 Å². The Morgan fingerprint density at radius 1 is 0.967 bits per heavy atom. The summed E-state index contributed by atoms with van der Waals surface area (Å²) in [5.74, 6) is -0.164. The van der Waals surface area contributed by atoms with Gasteiger partial charge in [0.25, 0.3) is 5.69 Å². The first kappa shape index (κ1) is 18.9. The van der Waals surface area contributed by atoms with Gasteiger partial charge in [0.1, 0.15) is 5.69 Å². The van der Waals surface area contributed by atoms with Crippen molar-refractivity contribution in [3.63, 3.8) is 0 Å². The Morgan fingerprint density at radius 2 is 1.60 bits per heavy atom. The topological polar surface area (TPSA) is 127 Å². The molecule has 0 radical (unpaired) electrons. The molecule has 0 fully saturated rings. The number of non-ortho nitro benzene ring substituents is 1. The molecule has 1 heterocycles. The maximum absolute atomic E-state index is 11.2. The molecule has 0 unspecified atom stereocenters. The van der Waals surface area contributed by atoms with Crippen LogP contribution in [0.3, 0.4) is 0 Å². The molecule has 4 aromatic rings. The summed E-state index contributed by atoms with van der Waals surface area (Å²) in [6, 6.07) is 16.4. The number of pyridine rings is 1. The number of rotatable bonds is 5. The molecule has 0 bridgehead atoms. The van der Waals surface area contributed by atoms with Crippen molar-refractivity contribution in [2.24, 2.45) is 5.18 Å². The van der Waals surface area contributed by atoms with Crippen LogP contribution in [-0.2, 0) is 4.79 Å². The van der Waals surface area contributed by atoms with Crippen molar-refractivity contribution in [1.29, 1.82) is 0 Å². The fourth-order valence-electron chi connectivity index (χ4n) is 3.21. The zero-order valence-corrected chi connectivity index (χ0v) is 15.7. The Hall–Kier alpha value is -4.40. The number of fused-ring (bicyclic) bond motifs is 2. The molecule has 0 atom stereocenters. The predicted octanol–water partition coefficient (Wildman–Crippen LogP) is 5.40. The zero-order valence-electron chi connectivity index (χ0n) is 15.7. The van der Waals surface area contributed by atoms with Crippen molar-refractivity contribution in [2.45, 2.75) is 6.92 Å². The summed E-state index contributed by atoms with van der Waals surface area (Å²) < 4.78 is 0. The Bertz CT molecular complexity index is 1320. The van der Waals surface area contributed by atoms with E-state index >= 15 is 0 Å². The van der Waals surface area contributed by atoms with Crippen LogP contribution in [0.15, 0.2) is 65.8 Å². The Kier molecular flexibility index (Phi) is 4.77. The zero-order chi connectivity index (χ0) is 21.3. The van der Waals surface area contributed by atoms with E-state index in [-0.39, 0.29) is 17.3 Å². The van der Waals surface area contributed by atoms with Crippen LogP contribution in [0.5, 0.6) is 0 Å². The van der Waals surface area contributed by atoms with E-state index in [4.69, 9.17) is 0 Å². The summed E-state index contributed by atoms with van der Waals surface area (Å²) in [4.78, 5) is 37.3. The lowest BCUT2D eigenvalue weighted by molar-refractivity contribution is -0.384. The number of nitro groups is 1. The first-order chi connectivity index (χ1) is 14.4. The quantitative estimate of drug-likeness (QED) is 0.200. The first-order valence-electron chi connectivity index (χ1n) is 8.94. The number of carbonyl (C=O) groups is 1. The van der Waals surface area contributed by atoms with Gasteiger partial charge in [-0.25, -0.2) is 4.98 Å². The van der Waals surface area contributed by atoms with Crippen molar-refractivity contribution in [2.75, 3.05) is 10.6 Å². The fourth-order valence-corrected chi connectivity index (χ4v) is 3.21. The second kappa shape index (κ2) is 7.55. The number of nitrogens with one attached hydrogen (secondary N) is 2. The lowest BCUT2D eigenvalue weighted by Gasteiger charge is -2.14. The third-order valence-corrected chi connectivity index (χ3v) is 4.53. The second-order valence-corrected chi connectivity index (χ2v) is 6.62. The highest BCUT2D eigenvalue weighted by atomic mass is 16.6. The molecule has 0 saturated carbocycles. The van der Waals surface area contributed by atoms with Crippen molar-refractivity contribution in [1.82, 2.24) is 4.98 Å². The van der Waals surface area contributed by atoms with E-state index in [0.717, 1.165) is 11.1 Å². The molecule has 1 amide bonds.